The van der Waals surface area contributed by atoms with Crippen LogP contribution in [-0.4, -0.2) is 6.54 Å². The molecule has 0 saturated heterocycles. The second-order valence-corrected chi connectivity index (χ2v) is 4.98. The standard InChI is InChI=1S/C14H23N/c1-10(2)5-14(9-15)13-7-11(3)6-12(4)8-13/h6-8,10,14H,5,9,15H2,1-4H3. The van der Waals surface area contributed by atoms with Crippen molar-refractivity contribution in [3.05, 3.63) is 34.9 Å². The van der Waals surface area contributed by atoms with E-state index in [1.807, 2.05) is 0 Å². The number of benzene rings is 1. The minimum atomic E-state index is 0.517. The lowest BCUT2D eigenvalue weighted by molar-refractivity contribution is 0.504. The molecule has 1 aromatic rings. The molecule has 0 saturated carbocycles. The topological polar surface area (TPSA) is 26.0 Å². The van der Waals surface area contributed by atoms with Gasteiger partial charge in [0, 0.05) is 0 Å². The molecular weight excluding hydrogens is 182 g/mol. The van der Waals surface area contributed by atoms with Gasteiger partial charge in [0.2, 0.25) is 0 Å². The Morgan fingerprint density at radius 1 is 1.07 bits per heavy atom. The molecule has 0 bridgehead atoms. The highest BCUT2D eigenvalue weighted by Gasteiger charge is 2.12. The van der Waals surface area contributed by atoms with Crippen LogP contribution in [-0.2, 0) is 0 Å². The summed E-state index contributed by atoms with van der Waals surface area (Å²) in [5.74, 6) is 1.22. The Morgan fingerprint density at radius 2 is 1.60 bits per heavy atom. The van der Waals surface area contributed by atoms with E-state index >= 15 is 0 Å². The maximum atomic E-state index is 5.85. The summed E-state index contributed by atoms with van der Waals surface area (Å²) >= 11 is 0. The lowest BCUT2D eigenvalue weighted by Crippen LogP contribution is -2.15. The zero-order valence-electron chi connectivity index (χ0n) is 10.4. The molecule has 0 amide bonds. The molecule has 1 aromatic carbocycles. The fraction of sp³-hybridized carbons (Fsp3) is 0.571. The summed E-state index contributed by atoms with van der Waals surface area (Å²) in [4.78, 5) is 0. The van der Waals surface area contributed by atoms with Crippen LogP contribution in [0.4, 0.5) is 0 Å². The lowest BCUT2D eigenvalue weighted by Gasteiger charge is -2.18. The van der Waals surface area contributed by atoms with E-state index in [4.69, 9.17) is 5.73 Å². The smallest absolute Gasteiger partial charge is 0.000813 e. The van der Waals surface area contributed by atoms with Crippen LogP contribution in [0.5, 0.6) is 0 Å². The predicted molar refractivity (Wildman–Crippen MR) is 67.2 cm³/mol. The van der Waals surface area contributed by atoms with E-state index in [0.717, 1.165) is 6.54 Å². The quantitative estimate of drug-likeness (QED) is 0.801. The molecule has 1 unspecified atom stereocenters. The van der Waals surface area contributed by atoms with Gasteiger partial charge in [0.25, 0.3) is 0 Å². The molecule has 0 aliphatic rings. The molecule has 0 radical (unpaired) electrons. The first-order valence-electron chi connectivity index (χ1n) is 5.81. The van der Waals surface area contributed by atoms with Crippen molar-refractivity contribution in [2.45, 2.75) is 40.0 Å². The highest BCUT2D eigenvalue weighted by Crippen LogP contribution is 2.24. The largest absolute Gasteiger partial charge is 0.330 e. The van der Waals surface area contributed by atoms with E-state index in [0.29, 0.717) is 11.8 Å². The van der Waals surface area contributed by atoms with Gasteiger partial charge in [0.05, 0.1) is 0 Å². The Bertz CT molecular complexity index is 295. The van der Waals surface area contributed by atoms with Crippen molar-refractivity contribution in [3.63, 3.8) is 0 Å². The molecule has 0 aromatic heterocycles. The molecule has 0 heterocycles. The third kappa shape index (κ3) is 3.67. The highest BCUT2D eigenvalue weighted by molar-refractivity contribution is 5.31. The van der Waals surface area contributed by atoms with E-state index in [9.17, 15) is 0 Å². The first-order chi connectivity index (χ1) is 7.02. The van der Waals surface area contributed by atoms with Crippen LogP contribution in [0.2, 0.25) is 0 Å². The summed E-state index contributed by atoms with van der Waals surface area (Å²) < 4.78 is 0. The zero-order chi connectivity index (χ0) is 11.4. The summed E-state index contributed by atoms with van der Waals surface area (Å²) in [6, 6.07) is 6.76. The van der Waals surface area contributed by atoms with Crippen molar-refractivity contribution in [2.24, 2.45) is 11.7 Å². The van der Waals surface area contributed by atoms with Crippen molar-refractivity contribution in [2.75, 3.05) is 6.54 Å². The van der Waals surface area contributed by atoms with E-state index < -0.39 is 0 Å². The molecule has 0 aliphatic carbocycles. The van der Waals surface area contributed by atoms with E-state index in [1.54, 1.807) is 0 Å². The van der Waals surface area contributed by atoms with Gasteiger partial charge in [-0.15, -0.1) is 0 Å². The van der Waals surface area contributed by atoms with Gasteiger partial charge in [-0.1, -0.05) is 43.2 Å². The van der Waals surface area contributed by atoms with Gasteiger partial charge in [-0.05, 0) is 44.2 Å². The molecule has 1 atom stereocenters. The molecule has 2 N–H and O–H groups in total. The second-order valence-electron chi connectivity index (χ2n) is 4.98. The maximum Gasteiger partial charge on any atom is -0.000813 e. The van der Waals surface area contributed by atoms with Gasteiger partial charge >= 0.3 is 0 Å². The molecule has 84 valence electrons. The van der Waals surface area contributed by atoms with Gasteiger partial charge in [-0.3, -0.25) is 0 Å². The summed E-state index contributed by atoms with van der Waals surface area (Å²) in [5, 5.41) is 0. The number of hydrogen-bond donors (Lipinski definition) is 1. The van der Waals surface area contributed by atoms with Crippen LogP contribution in [0.15, 0.2) is 18.2 Å². The average Bonchev–Trinajstić information content (AvgIpc) is 2.12. The average molecular weight is 205 g/mol. The summed E-state index contributed by atoms with van der Waals surface area (Å²) in [7, 11) is 0. The molecule has 0 aliphatic heterocycles. The normalized spacial score (nSPS) is 13.2. The van der Waals surface area contributed by atoms with Crippen molar-refractivity contribution >= 4 is 0 Å². The van der Waals surface area contributed by atoms with Crippen molar-refractivity contribution < 1.29 is 0 Å². The Labute approximate surface area is 93.7 Å². The lowest BCUT2D eigenvalue weighted by atomic mass is 9.89. The summed E-state index contributed by atoms with van der Waals surface area (Å²) in [6.45, 7) is 9.57. The second kappa shape index (κ2) is 5.32. The SMILES string of the molecule is Cc1cc(C)cc(C(CN)CC(C)C)c1. The van der Waals surface area contributed by atoms with Crippen LogP contribution >= 0.6 is 0 Å². The Hall–Kier alpha value is -0.820. The number of nitrogens with two attached hydrogens (primary N) is 1. The van der Waals surface area contributed by atoms with Gasteiger partial charge in [-0.25, -0.2) is 0 Å². The molecule has 1 nitrogen and oxygen atoms in total. The third-order valence-electron chi connectivity index (χ3n) is 2.76. The molecule has 1 heteroatoms. The van der Waals surface area contributed by atoms with Crippen molar-refractivity contribution in [1.29, 1.82) is 0 Å². The minimum Gasteiger partial charge on any atom is -0.330 e. The van der Waals surface area contributed by atoms with Gasteiger partial charge < -0.3 is 5.73 Å². The predicted octanol–water partition coefficient (Wildman–Crippen LogP) is 3.39. The summed E-state index contributed by atoms with van der Waals surface area (Å²) in [6.07, 6.45) is 1.18. The van der Waals surface area contributed by atoms with E-state index in [2.05, 4.69) is 45.9 Å². The summed E-state index contributed by atoms with van der Waals surface area (Å²) in [5.41, 5.74) is 9.94. The van der Waals surface area contributed by atoms with Crippen molar-refractivity contribution in [1.82, 2.24) is 0 Å². The van der Waals surface area contributed by atoms with Crippen LogP contribution in [0.25, 0.3) is 0 Å². The molecule has 0 fully saturated rings. The number of hydrogen-bond acceptors (Lipinski definition) is 1. The van der Waals surface area contributed by atoms with Crippen LogP contribution in [0.1, 0.15) is 42.9 Å². The molecule has 15 heavy (non-hydrogen) atoms. The fourth-order valence-corrected chi connectivity index (χ4v) is 2.18. The fourth-order valence-electron chi connectivity index (χ4n) is 2.18. The van der Waals surface area contributed by atoms with Gasteiger partial charge in [0.1, 0.15) is 0 Å². The van der Waals surface area contributed by atoms with Crippen LogP contribution in [0.3, 0.4) is 0 Å². The third-order valence-corrected chi connectivity index (χ3v) is 2.76. The Kier molecular flexibility index (Phi) is 4.34. The van der Waals surface area contributed by atoms with E-state index in [-0.39, 0.29) is 0 Å². The van der Waals surface area contributed by atoms with Gasteiger partial charge in [-0.2, -0.15) is 0 Å². The van der Waals surface area contributed by atoms with Crippen LogP contribution < -0.4 is 5.73 Å². The Balaban J connectivity index is 2.91. The van der Waals surface area contributed by atoms with Gasteiger partial charge in [0.15, 0.2) is 0 Å². The van der Waals surface area contributed by atoms with E-state index in [1.165, 1.54) is 23.1 Å². The minimum absolute atomic E-state index is 0.517. The Morgan fingerprint density at radius 3 is 2.00 bits per heavy atom. The van der Waals surface area contributed by atoms with Crippen molar-refractivity contribution in [3.8, 4) is 0 Å². The molecule has 1 rings (SSSR count). The highest BCUT2D eigenvalue weighted by atomic mass is 14.5. The maximum absolute atomic E-state index is 5.85. The first kappa shape index (κ1) is 12.3. The number of rotatable bonds is 4. The molecular formula is C14H23N. The number of aryl methyl sites for hydroxylation is 2. The zero-order valence-corrected chi connectivity index (χ0v) is 10.4. The monoisotopic (exact) mass is 205 g/mol. The molecule has 0 spiro atoms. The first-order valence-corrected chi connectivity index (χ1v) is 5.81. The van der Waals surface area contributed by atoms with Crippen LogP contribution in [0, 0.1) is 19.8 Å².